The standard InChI is InChI=1S/C34H32N2O9/c35-25-15-19(10-12-36-25)11-13-43-33-31(42)29(40)24(17-37)44-34(33)45-32-20(14-18-6-2-1-3-7-18)16-23-26(30(32)41)28(39)22-9-5-4-8-21(22)27(23)38/h1-10,12,15-16,24,29,31,33-34,37,40-42H,11,13-14,17H2,(H2,35,36). The fourth-order valence-electron chi connectivity index (χ4n) is 5.76. The Morgan fingerprint density at radius 1 is 0.867 bits per heavy atom. The Morgan fingerprint density at radius 2 is 1.58 bits per heavy atom. The molecule has 45 heavy (non-hydrogen) atoms. The van der Waals surface area contributed by atoms with Crippen LogP contribution in [0.4, 0.5) is 5.82 Å². The summed E-state index contributed by atoms with van der Waals surface area (Å²) in [7, 11) is 0. The van der Waals surface area contributed by atoms with Crippen LogP contribution in [0.25, 0.3) is 0 Å². The van der Waals surface area contributed by atoms with Gasteiger partial charge in [-0.3, -0.25) is 9.59 Å². The van der Waals surface area contributed by atoms with Gasteiger partial charge in [0.25, 0.3) is 0 Å². The van der Waals surface area contributed by atoms with Crippen LogP contribution in [0.2, 0.25) is 0 Å². The molecule has 2 aliphatic rings. The Labute approximate surface area is 258 Å². The molecule has 0 radical (unpaired) electrons. The lowest BCUT2D eigenvalue weighted by molar-refractivity contribution is -0.287. The van der Waals surface area contributed by atoms with E-state index < -0.39 is 54.6 Å². The van der Waals surface area contributed by atoms with Gasteiger partial charge < -0.3 is 40.4 Å². The molecular formula is C34H32N2O9. The summed E-state index contributed by atoms with van der Waals surface area (Å²) in [4.78, 5) is 31.1. The van der Waals surface area contributed by atoms with Crippen molar-refractivity contribution in [2.45, 2.75) is 43.5 Å². The van der Waals surface area contributed by atoms with Crippen molar-refractivity contribution in [3.05, 3.63) is 118 Å². The van der Waals surface area contributed by atoms with Crippen LogP contribution in [0.3, 0.4) is 0 Å². The number of benzene rings is 3. The average molecular weight is 613 g/mol. The van der Waals surface area contributed by atoms with Gasteiger partial charge >= 0.3 is 0 Å². The van der Waals surface area contributed by atoms with Crippen molar-refractivity contribution in [2.75, 3.05) is 18.9 Å². The number of ether oxygens (including phenoxy) is 3. The minimum Gasteiger partial charge on any atom is -0.504 e. The van der Waals surface area contributed by atoms with Crippen LogP contribution in [0, 0.1) is 0 Å². The van der Waals surface area contributed by atoms with Gasteiger partial charge in [-0.2, -0.15) is 0 Å². The molecule has 4 aromatic rings. The quantitative estimate of drug-likeness (QED) is 0.165. The van der Waals surface area contributed by atoms with Crippen molar-refractivity contribution >= 4 is 17.4 Å². The second kappa shape index (κ2) is 12.8. The van der Waals surface area contributed by atoms with E-state index >= 15 is 0 Å². The van der Waals surface area contributed by atoms with Crippen LogP contribution in [-0.4, -0.2) is 80.9 Å². The molecule has 0 saturated carbocycles. The van der Waals surface area contributed by atoms with Crippen LogP contribution in [0.5, 0.6) is 11.5 Å². The third kappa shape index (κ3) is 5.91. The summed E-state index contributed by atoms with van der Waals surface area (Å²) in [5.74, 6) is -1.35. The van der Waals surface area contributed by atoms with Gasteiger partial charge in [0, 0.05) is 34.9 Å². The lowest BCUT2D eigenvalue weighted by Crippen LogP contribution is -2.61. The fraction of sp³-hybridized carbons (Fsp3) is 0.265. The highest BCUT2D eigenvalue weighted by Gasteiger charge is 2.47. The minimum atomic E-state index is -1.55. The monoisotopic (exact) mass is 612 g/mol. The van der Waals surface area contributed by atoms with Crippen molar-refractivity contribution in [2.24, 2.45) is 0 Å². The number of hydrogen-bond acceptors (Lipinski definition) is 11. The van der Waals surface area contributed by atoms with E-state index in [1.807, 2.05) is 30.3 Å². The van der Waals surface area contributed by atoms with E-state index in [9.17, 15) is 30.0 Å². The Bertz CT molecular complexity index is 1730. The number of aromatic hydroxyl groups is 1. The van der Waals surface area contributed by atoms with Crippen LogP contribution < -0.4 is 10.5 Å². The number of nitrogen functional groups attached to an aromatic ring is 1. The number of nitrogens with zero attached hydrogens (tertiary/aromatic N) is 1. The molecule has 0 bridgehead atoms. The number of aromatic nitrogens is 1. The summed E-state index contributed by atoms with van der Waals surface area (Å²) in [6.07, 6.45) is -4.87. The van der Waals surface area contributed by atoms with Gasteiger partial charge in [0.2, 0.25) is 6.29 Å². The van der Waals surface area contributed by atoms with Crippen LogP contribution in [0.15, 0.2) is 79.0 Å². The van der Waals surface area contributed by atoms with E-state index in [-0.39, 0.29) is 41.0 Å². The number of carbonyl (C=O) groups excluding carboxylic acids is 2. The zero-order valence-corrected chi connectivity index (χ0v) is 24.1. The summed E-state index contributed by atoms with van der Waals surface area (Å²) in [5, 5.41) is 43.2. The first kappa shape index (κ1) is 30.4. The number of phenolic OH excluding ortho intramolecular Hbond substituents is 1. The highest BCUT2D eigenvalue weighted by Crippen LogP contribution is 2.43. The maximum Gasteiger partial charge on any atom is 0.229 e. The Balaban J connectivity index is 1.38. The van der Waals surface area contributed by atoms with Gasteiger partial charge in [-0.05, 0) is 35.7 Å². The molecule has 0 spiro atoms. The largest absolute Gasteiger partial charge is 0.504 e. The molecule has 1 fully saturated rings. The highest BCUT2D eigenvalue weighted by molar-refractivity contribution is 6.29. The number of nitrogens with two attached hydrogens (primary N) is 1. The molecule has 232 valence electrons. The van der Waals surface area contributed by atoms with Crippen molar-refractivity contribution in [3.8, 4) is 11.5 Å². The molecule has 6 rings (SSSR count). The molecule has 2 heterocycles. The second-order valence-electron chi connectivity index (χ2n) is 11.0. The van der Waals surface area contributed by atoms with Gasteiger partial charge in [0.1, 0.15) is 30.2 Å². The molecule has 11 heteroatoms. The van der Waals surface area contributed by atoms with E-state index in [4.69, 9.17) is 19.9 Å². The number of aliphatic hydroxyl groups is 3. The Morgan fingerprint density at radius 3 is 2.29 bits per heavy atom. The summed E-state index contributed by atoms with van der Waals surface area (Å²) in [5.41, 5.74) is 7.99. The highest BCUT2D eigenvalue weighted by atomic mass is 16.7. The van der Waals surface area contributed by atoms with Crippen LogP contribution >= 0.6 is 0 Å². The average Bonchev–Trinajstić information content (AvgIpc) is 3.04. The summed E-state index contributed by atoms with van der Waals surface area (Å²) < 4.78 is 18.1. The van der Waals surface area contributed by atoms with Crippen LogP contribution in [0.1, 0.15) is 48.5 Å². The number of ketones is 2. The van der Waals surface area contributed by atoms with Gasteiger partial charge in [-0.25, -0.2) is 4.98 Å². The SMILES string of the molecule is Nc1cc(CCOC2C(Oc3c(Cc4ccccc4)cc4c(c3O)C(=O)c3ccccc3C4=O)OC(CO)C(O)C2O)ccn1. The van der Waals surface area contributed by atoms with Crippen molar-refractivity contribution < 1.29 is 44.2 Å². The third-order valence-corrected chi connectivity index (χ3v) is 8.06. The summed E-state index contributed by atoms with van der Waals surface area (Å²) in [6, 6.07) is 20.6. The van der Waals surface area contributed by atoms with Gasteiger partial charge in [-0.15, -0.1) is 0 Å². The summed E-state index contributed by atoms with van der Waals surface area (Å²) in [6.45, 7) is -0.584. The number of carbonyl (C=O) groups is 2. The maximum atomic E-state index is 13.6. The number of phenols is 1. The van der Waals surface area contributed by atoms with E-state index in [0.717, 1.165) is 11.1 Å². The van der Waals surface area contributed by atoms with Crippen molar-refractivity contribution in [1.82, 2.24) is 4.98 Å². The molecule has 1 aliphatic carbocycles. The van der Waals surface area contributed by atoms with E-state index in [1.165, 1.54) is 12.1 Å². The first-order valence-electron chi connectivity index (χ1n) is 14.5. The smallest absolute Gasteiger partial charge is 0.229 e. The van der Waals surface area contributed by atoms with Gasteiger partial charge in [-0.1, -0.05) is 54.6 Å². The molecule has 5 unspecified atom stereocenters. The normalized spacial score (nSPS) is 22.5. The van der Waals surface area contributed by atoms with Crippen LogP contribution in [-0.2, 0) is 22.3 Å². The first-order chi connectivity index (χ1) is 21.8. The molecule has 1 saturated heterocycles. The Kier molecular flexibility index (Phi) is 8.61. The molecule has 1 aromatic heterocycles. The number of anilines is 1. The van der Waals surface area contributed by atoms with Gasteiger partial charge in [0.05, 0.1) is 18.8 Å². The third-order valence-electron chi connectivity index (χ3n) is 8.06. The van der Waals surface area contributed by atoms with Gasteiger partial charge in [0.15, 0.2) is 23.1 Å². The second-order valence-corrected chi connectivity index (χ2v) is 11.0. The minimum absolute atomic E-state index is 0.0344. The number of rotatable bonds is 9. The number of hydrogen-bond donors (Lipinski definition) is 5. The molecule has 3 aromatic carbocycles. The molecular weight excluding hydrogens is 580 g/mol. The number of aliphatic hydroxyl groups excluding tert-OH is 3. The Hall–Kier alpha value is -4.65. The van der Waals surface area contributed by atoms with Crippen molar-refractivity contribution in [3.63, 3.8) is 0 Å². The predicted octanol–water partition coefficient (Wildman–Crippen LogP) is 2.18. The van der Waals surface area contributed by atoms with E-state index in [0.29, 0.717) is 17.8 Å². The first-order valence-corrected chi connectivity index (χ1v) is 14.5. The lowest BCUT2D eigenvalue weighted by Gasteiger charge is -2.42. The topological polar surface area (TPSA) is 182 Å². The zero-order chi connectivity index (χ0) is 31.7. The summed E-state index contributed by atoms with van der Waals surface area (Å²) >= 11 is 0. The predicted molar refractivity (Wildman–Crippen MR) is 161 cm³/mol. The maximum absolute atomic E-state index is 13.6. The molecule has 0 amide bonds. The molecule has 11 nitrogen and oxygen atoms in total. The number of pyridine rings is 1. The number of fused-ring (bicyclic) bond motifs is 2. The lowest BCUT2D eigenvalue weighted by atomic mass is 9.82. The van der Waals surface area contributed by atoms with Crippen molar-refractivity contribution in [1.29, 1.82) is 0 Å². The fourth-order valence-corrected chi connectivity index (χ4v) is 5.76. The van der Waals surface area contributed by atoms with E-state index in [2.05, 4.69) is 4.98 Å². The molecule has 1 aliphatic heterocycles. The molecule has 6 N–H and O–H groups in total. The molecule has 5 atom stereocenters. The van der Waals surface area contributed by atoms with E-state index in [1.54, 1.807) is 36.5 Å². The zero-order valence-electron chi connectivity index (χ0n) is 24.1.